The van der Waals surface area contributed by atoms with Gasteiger partial charge in [0, 0.05) is 5.69 Å². The lowest BCUT2D eigenvalue weighted by Gasteiger charge is -2.11. The zero-order chi connectivity index (χ0) is 12.8. The first-order chi connectivity index (χ1) is 8.08. The normalized spacial score (nSPS) is 12.5. The number of rotatable bonds is 4. The van der Waals surface area contributed by atoms with Gasteiger partial charge in [-0.05, 0) is 50.6 Å². The molecule has 0 aliphatic carbocycles. The molecular weight excluding hydrogens is 219 g/mol. The van der Waals surface area contributed by atoms with Gasteiger partial charge in [-0.15, -0.1) is 0 Å². The van der Waals surface area contributed by atoms with Crippen LogP contribution in [0.15, 0.2) is 41.9 Å². The Labute approximate surface area is 101 Å². The molecule has 1 aromatic rings. The van der Waals surface area contributed by atoms with Gasteiger partial charge in [-0.3, -0.25) is 5.84 Å². The molecule has 3 N–H and O–H groups in total. The Kier molecular flexibility index (Phi) is 4.72. The Morgan fingerprint density at radius 2 is 2.18 bits per heavy atom. The highest BCUT2D eigenvalue weighted by Gasteiger charge is 2.05. The maximum atomic E-state index is 13.2. The summed E-state index contributed by atoms with van der Waals surface area (Å²) in [7, 11) is 0. The average molecular weight is 236 g/mol. The Balaban J connectivity index is 2.99. The summed E-state index contributed by atoms with van der Waals surface area (Å²) < 4.78 is 18.7. The van der Waals surface area contributed by atoms with Crippen LogP contribution in [0.2, 0.25) is 0 Å². The molecule has 1 aromatic carbocycles. The minimum atomic E-state index is -0.358. The van der Waals surface area contributed by atoms with Crippen LogP contribution in [0, 0.1) is 6.92 Å². The van der Waals surface area contributed by atoms with Crippen LogP contribution < -0.4 is 16.0 Å². The molecule has 0 heterocycles. The predicted molar refractivity (Wildman–Crippen MR) is 68.2 cm³/mol. The summed E-state index contributed by atoms with van der Waals surface area (Å²) in [6.45, 7) is 5.04. The van der Waals surface area contributed by atoms with E-state index in [9.17, 15) is 4.39 Å². The number of aryl methyl sites for hydroxylation is 1. The molecule has 92 valence electrons. The topological polar surface area (TPSA) is 47.3 Å². The zero-order valence-electron chi connectivity index (χ0n) is 10.3. The van der Waals surface area contributed by atoms with Crippen molar-refractivity contribution in [1.82, 2.24) is 0 Å². The number of hydrogen-bond donors (Lipinski definition) is 2. The second-order valence-electron chi connectivity index (χ2n) is 3.62. The lowest BCUT2D eigenvalue weighted by molar-refractivity contribution is 0.411. The summed E-state index contributed by atoms with van der Waals surface area (Å²) in [6.07, 6.45) is 3.31. The summed E-state index contributed by atoms with van der Waals surface area (Å²) >= 11 is 0. The number of allylic oxidation sites excluding steroid dienone is 3. The summed E-state index contributed by atoms with van der Waals surface area (Å²) in [5.41, 5.74) is 4.20. The first-order valence-electron chi connectivity index (χ1n) is 5.32. The maximum absolute atomic E-state index is 13.2. The number of hydrazine groups is 1. The van der Waals surface area contributed by atoms with E-state index >= 15 is 0 Å². The second kappa shape index (κ2) is 6.06. The molecule has 0 aromatic heterocycles. The third-order valence-electron chi connectivity index (χ3n) is 2.22. The quantitative estimate of drug-likeness (QED) is 0.364. The first kappa shape index (κ1) is 13.3. The molecule has 0 unspecified atom stereocenters. The van der Waals surface area contributed by atoms with Gasteiger partial charge in [0.05, 0.1) is 0 Å². The molecule has 0 amide bonds. The van der Waals surface area contributed by atoms with Crippen LogP contribution in [0.1, 0.15) is 19.4 Å². The van der Waals surface area contributed by atoms with E-state index < -0.39 is 0 Å². The lowest BCUT2D eigenvalue weighted by atomic mass is 10.2. The van der Waals surface area contributed by atoms with E-state index in [2.05, 4.69) is 5.43 Å². The van der Waals surface area contributed by atoms with E-state index in [1.54, 1.807) is 31.2 Å². The number of anilines is 1. The van der Waals surface area contributed by atoms with Crippen molar-refractivity contribution in [3.8, 4) is 5.75 Å². The predicted octanol–water partition coefficient (Wildman–Crippen LogP) is 3.44. The number of benzene rings is 1. The molecule has 4 heteroatoms. The summed E-state index contributed by atoms with van der Waals surface area (Å²) in [5.74, 6) is 5.75. The lowest BCUT2D eigenvalue weighted by Crippen LogP contribution is -2.07. The minimum Gasteiger partial charge on any atom is -0.454 e. The van der Waals surface area contributed by atoms with Crippen LogP contribution >= 0.6 is 0 Å². The van der Waals surface area contributed by atoms with Crippen molar-refractivity contribution < 1.29 is 9.13 Å². The van der Waals surface area contributed by atoms with E-state index in [4.69, 9.17) is 10.6 Å². The Bertz CT molecular complexity index is 449. The van der Waals surface area contributed by atoms with Gasteiger partial charge in [0.2, 0.25) is 0 Å². The van der Waals surface area contributed by atoms with E-state index in [-0.39, 0.29) is 11.6 Å². The fraction of sp³-hybridized carbons (Fsp3) is 0.231. The van der Waals surface area contributed by atoms with E-state index in [0.29, 0.717) is 5.75 Å². The molecule has 0 bridgehead atoms. The summed E-state index contributed by atoms with van der Waals surface area (Å²) in [4.78, 5) is 0. The minimum absolute atomic E-state index is 0.212. The highest BCUT2D eigenvalue weighted by molar-refractivity contribution is 5.50. The monoisotopic (exact) mass is 236 g/mol. The largest absolute Gasteiger partial charge is 0.454 e. The third-order valence-corrected chi connectivity index (χ3v) is 2.22. The van der Waals surface area contributed by atoms with Crippen LogP contribution in [0.3, 0.4) is 0 Å². The van der Waals surface area contributed by atoms with Crippen LogP contribution in [0.25, 0.3) is 0 Å². The van der Waals surface area contributed by atoms with Gasteiger partial charge in [-0.2, -0.15) is 0 Å². The van der Waals surface area contributed by atoms with Crippen molar-refractivity contribution >= 4 is 5.69 Å². The van der Waals surface area contributed by atoms with Crippen LogP contribution in [0.4, 0.5) is 10.1 Å². The maximum Gasteiger partial charge on any atom is 0.158 e. The molecule has 0 radical (unpaired) electrons. The molecule has 0 saturated heterocycles. The van der Waals surface area contributed by atoms with Crippen LogP contribution in [-0.4, -0.2) is 0 Å². The number of nitrogens with one attached hydrogen (secondary N) is 1. The molecular formula is C13H17FN2O. The van der Waals surface area contributed by atoms with Crippen molar-refractivity contribution in [2.75, 3.05) is 5.43 Å². The fourth-order valence-corrected chi connectivity index (χ4v) is 1.34. The van der Waals surface area contributed by atoms with Crippen molar-refractivity contribution in [3.63, 3.8) is 0 Å². The Morgan fingerprint density at radius 1 is 1.47 bits per heavy atom. The Hall–Kier alpha value is -1.81. The molecule has 0 aliphatic rings. The number of halogens is 1. The average Bonchev–Trinajstić information content (AvgIpc) is 2.30. The van der Waals surface area contributed by atoms with Crippen LogP contribution in [-0.2, 0) is 0 Å². The second-order valence-corrected chi connectivity index (χ2v) is 3.62. The van der Waals surface area contributed by atoms with Gasteiger partial charge in [0.25, 0.3) is 0 Å². The van der Waals surface area contributed by atoms with E-state index in [1.165, 1.54) is 6.92 Å². The van der Waals surface area contributed by atoms with Crippen LogP contribution in [0.5, 0.6) is 5.75 Å². The molecule has 1 rings (SSSR count). The highest BCUT2D eigenvalue weighted by Crippen LogP contribution is 2.24. The standard InChI is InChI=1S/C13H17FN2O/c1-4-5-13(10(3)14)17-12-7-6-11(16-15)8-9(12)2/h4-8,16H,15H2,1-3H3/b5-4-,13-10-. The molecule has 0 spiro atoms. The first-order valence-corrected chi connectivity index (χ1v) is 5.32. The third kappa shape index (κ3) is 3.60. The molecule has 3 nitrogen and oxygen atoms in total. The number of ether oxygens (including phenoxy) is 1. The summed E-state index contributed by atoms with van der Waals surface area (Å²) in [5, 5.41) is 0. The molecule has 0 atom stereocenters. The van der Waals surface area contributed by atoms with Crippen molar-refractivity contribution in [1.29, 1.82) is 0 Å². The molecule has 0 saturated carbocycles. The van der Waals surface area contributed by atoms with Crippen molar-refractivity contribution in [2.24, 2.45) is 5.84 Å². The van der Waals surface area contributed by atoms with Gasteiger partial charge in [0.1, 0.15) is 11.6 Å². The fourth-order valence-electron chi connectivity index (χ4n) is 1.34. The SMILES string of the molecule is C/C=C\C(Oc1ccc(NN)cc1C)=C(/C)F. The summed E-state index contributed by atoms with van der Waals surface area (Å²) in [6, 6.07) is 5.34. The van der Waals surface area contributed by atoms with Crippen molar-refractivity contribution in [3.05, 3.63) is 47.5 Å². The van der Waals surface area contributed by atoms with E-state index in [1.807, 2.05) is 13.0 Å². The van der Waals surface area contributed by atoms with Gasteiger partial charge in [-0.1, -0.05) is 6.08 Å². The van der Waals surface area contributed by atoms with Gasteiger partial charge < -0.3 is 10.2 Å². The van der Waals surface area contributed by atoms with E-state index in [0.717, 1.165) is 11.3 Å². The highest BCUT2D eigenvalue weighted by atomic mass is 19.1. The Morgan fingerprint density at radius 3 is 2.65 bits per heavy atom. The molecule has 0 fully saturated rings. The molecule has 0 aliphatic heterocycles. The van der Waals surface area contributed by atoms with Gasteiger partial charge in [0.15, 0.2) is 5.76 Å². The number of hydrogen-bond acceptors (Lipinski definition) is 3. The number of nitrogen functional groups attached to an aromatic ring is 1. The van der Waals surface area contributed by atoms with Gasteiger partial charge >= 0.3 is 0 Å². The molecule has 17 heavy (non-hydrogen) atoms. The van der Waals surface area contributed by atoms with Gasteiger partial charge in [-0.25, -0.2) is 4.39 Å². The number of nitrogens with two attached hydrogens (primary N) is 1. The smallest absolute Gasteiger partial charge is 0.158 e. The van der Waals surface area contributed by atoms with Crippen molar-refractivity contribution in [2.45, 2.75) is 20.8 Å². The zero-order valence-corrected chi connectivity index (χ0v) is 10.3.